The van der Waals surface area contributed by atoms with Gasteiger partial charge in [-0.15, -0.1) is 0 Å². The van der Waals surface area contributed by atoms with Crippen LogP contribution in [0.25, 0.3) is 0 Å². The first kappa shape index (κ1) is 17.1. The fourth-order valence-electron chi connectivity index (χ4n) is 2.10. The summed E-state index contributed by atoms with van der Waals surface area (Å²) in [4.78, 5) is 23.4. The molecule has 0 aliphatic carbocycles. The van der Waals surface area contributed by atoms with Gasteiger partial charge in [-0.25, -0.2) is 4.39 Å². The number of nitrogens with two attached hydrogens (primary N) is 1. The van der Waals surface area contributed by atoms with E-state index in [4.69, 9.17) is 5.73 Å². The summed E-state index contributed by atoms with van der Waals surface area (Å²) in [7, 11) is 0. The summed E-state index contributed by atoms with van der Waals surface area (Å²) < 4.78 is 13.6. The molecule has 1 aromatic rings. The van der Waals surface area contributed by atoms with Crippen molar-refractivity contribution in [3.05, 3.63) is 24.0 Å². The highest BCUT2D eigenvalue weighted by molar-refractivity contribution is 5.96. The summed E-state index contributed by atoms with van der Waals surface area (Å²) in [6.45, 7) is 5.34. The normalized spacial score (nSPS) is 11.1. The third kappa shape index (κ3) is 4.01. The van der Waals surface area contributed by atoms with E-state index in [0.717, 1.165) is 0 Å². The third-order valence-corrected chi connectivity index (χ3v) is 3.76. The second kappa shape index (κ2) is 7.17. The molecule has 0 aliphatic heterocycles. The number of benzene rings is 1. The molecule has 21 heavy (non-hydrogen) atoms. The third-order valence-electron chi connectivity index (χ3n) is 3.76. The van der Waals surface area contributed by atoms with E-state index in [1.807, 2.05) is 13.8 Å². The first-order chi connectivity index (χ1) is 9.88. The van der Waals surface area contributed by atoms with Crippen LogP contribution in [0, 0.1) is 11.2 Å². The van der Waals surface area contributed by atoms with Gasteiger partial charge in [-0.3, -0.25) is 9.59 Å². The number of halogens is 1. The van der Waals surface area contributed by atoms with Crippen LogP contribution in [0.4, 0.5) is 15.8 Å². The molecule has 6 heteroatoms. The van der Waals surface area contributed by atoms with Crippen molar-refractivity contribution in [2.45, 2.75) is 33.6 Å². The molecule has 0 radical (unpaired) electrons. The van der Waals surface area contributed by atoms with Crippen LogP contribution >= 0.6 is 0 Å². The van der Waals surface area contributed by atoms with Gasteiger partial charge in [0, 0.05) is 19.2 Å². The Labute approximate surface area is 124 Å². The number of carbonyl (C=O) groups is 2. The van der Waals surface area contributed by atoms with Crippen molar-refractivity contribution >= 4 is 23.2 Å². The van der Waals surface area contributed by atoms with E-state index in [9.17, 15) is 14.0 Å². The van der Waals surface area contributed by atoms with E-state index >= 15 is 0 Å². The number of anilines is 2. The van der Waals surface area contributed by atoms with Gasteiger partial charge in [-0.2, -0.15) is 0 Å². The number of amides is 2. The molecule has 0 bridgehead atoms. The lowest BCUT2D eigenvalue weighted by atomic mass is 9.81. The Kier molecular flexibility index (Phi) is 5.84. The SMILES string of the molecule is CCC(CC)(CN)C(=O)Nc1ccc(F)c(NC(C)=O)c1. The molecule has 4 N–H and O–H groups in total. The molecule has 0 saturated carbocycles. The topological polar surface area (TPSA) is 84.2 Å². The summed E-state index contributed by atoms with van der Waals surface area (Å²) in [6, 6.07) is 4.04. The number of hydrogen-bond acceptors (Lipinski definition) is 3. The van der Waals surface area contributed by atoms with Gasteiger partial charge in [0.2, 0.25) is 11.8 Å². The van der Waals surface area contributed by atoms with Crippen molar-refractivity contribution in [2.24, 2.45) is 11.1 Å². The second-order valence-corrected chi connectivity index (χ2v) is 5.02. The molecule has 0 saturated heterocycles. The highest BCUT2D eigenvalue weighted by Crippen LogP contribution is 2.28. The van der Waals surface area contributed by atoms with Crippen LogP contribution in [0.15, 0.2) is 18.2 Å². The molecule has 0 unspecified atom stereocenters. The zero-order valence-corrected chi connectivity index (χ0v) is 12.6. The molecule has 0 spiro atoms. The molecule has 116 valence electrons. The average Bonchev–Trinajstić information content (AvgIpc) is 2.44. The predicted molar refractivity (Wildman–Crippen MR) is 81.4 cm³/mol. The first-order valence-corrected chi connectivity index (χ1v) is 6.97. The Morgan fingerprint density at radius 1 is 1.24 bits per heavy atom. The van der Waals surface area contributed by atoms with E-state index in [1.54, 1.807) is 0 Å². The Morgan fingerprint density at radius 2 is 1.86 bits per heavy atom. The van der Waals surface area contributed by atoms with Crippen LogP contribution in [0.5, 0.6) is 0 Å². The molecular formula is C15H22FN3O2. The summed E-state index contributed by atoms with van der Waals surface area (Å²) in [5, 5.41) is 5.12. The molecule has 0 atom stereocenters. The molecule has 1 aromatic carbocycles. The van der Waals surface area contributed by atoms with Crippen LogP contribution in [-0.2, 0) is 9.59 Å². The van der Waals surface area contributed by atoms with Crippen molar-refractivity contribution in [3.8, 4) is 0 Å². The molecule has 0 heterocycles. The van der Waals surface area contributed by atoms with Gasteiger partial charge in [0.25, 0.3) is 0 Å². The molecule has 5 nitrogen and oxygen atoms in total. The van der Waals surface area contributed by atoms with Crippen molar-refractivity contribution in [2.75, 3.05) is 17.2 Å². The largest absolute Gasteiger partial charge is 0.329 e. The zero-order chi connectivity index (χ0) is 16.0. The van der Waals surface area contributed by atoms with Crippen LogP contribution in [0.3, 0.4) is 0 Å². The predicted octanol–water partition coefficient (Wildman–Crippen LogP) is 2.49. The lowest BCUT2D eigenvalue weighted by Crippen LogP contribution is -2.41. The number of rotatable bonds is 6. The molecule has 0 aliphatic rings. The minimum Gasteiger partial charge on any atom is -0.329 e. The Bertz CT molecular complexity index is 519. The van der Waals surface area contributed by atoms with E-state index in [0.29, 0.717) is 18.5 Å². The van der Waals surface area contributed by atoms with Crippen molar-refractivity contribution in [1.29, 1.82) is 0 Å². The first-order valence-electron chi connectivity index (χ1n) is 6.97. The van der Waals surface area contributed by atoms with Gasteiger partial charge < -0.3 is 16.4 Å². The smallest absolute Gasteiger partial charge is 0.231 e. The summed E-state index contributed by atoms with van der Waals surface area (Å²) >= 11 is 0. The molecule has 2 amide bonds. The maximum absolute atomic E-state index is 13.6. The van der Waals surface area contributed by atoms with E-state index in [-0.39, 0.29) is 24.0 Å². The lowest BCUT2D eigenvalue weighted by Gasteiger charge is -2.28. The maximum Gasteiger partial charge on any atom is 0.231 e. The number of carbonyl (C=O) groups excluding carboxylic acids is 2. The van der Waals surface area contributed by atoms with Crippen LogP contribution in [0.1, 0.15) is 33.6 Å². The Hall–Kier alpha value is -1.95. The van der Waals surface area contributed by atoms with E-state index in [1.165, 1.54) is 25.1 Å². The van der Waals surface area contributed by atoms with Gasteiger partial charge in [-0.05, 0) is 31.0 Å². The standard InChI is InChI=1S/C15H22FN3O2/c1-4-15(5-2,9-17)14(21)19-11-6-7-12(16)13(8-11)18-10(3)20/h6-8H,4-5,9,17H2,1-3H3,(H,18,20)(H,19,21). The fourth-order valence-corrected chi connectivity index (χ4v) is 2.10. The number of nitrogens with one attached hydrogen (secondary N) is 2. The van der Waals surface area contributed by atoms with Gasteiger partial charge in [-0.1, -0.05) is 13.8 Å². The van der Waals surface area contributed by atoms with Crippen LogP contribution in [0.2, 0.25) is 0 Å². The Morgan fingerprint density at radius 3 is 2.33 bits per heavy atom. The molecule has 0 fully saturated rings. The average molecular weight is 295 g/mol. The zero-order valence-electron chi connectivity index (χ0n) is 12.6. The Balaban J connectivity index is 2.97. The molecular weight excluding hydrogens is 273 g/mol. The lowest BCUT2D eigenvalue weighted by molar-refractivity contribution is -0.125. The summed E-state index contributed by atoms with van der Waals surface area (Å²) in [5.74, 6) is -1.13. The quantitative estimate of drug-likeness (QED) is 0.754. The minimum atomic E-state index is -0.636. The van der Waals surface area contributed by atoms with Crippen molar-refractivity contribution in [1.82, 2.24) is 0 Å². The van der Waals surface area contributed by atoms with E-state index < -0.39 is 11.2 Å². The molecule has 1 rings (SSSR count). The van der Waals surface area contributed by atoms with E-state index in [2.05, 4.69) is 10.6 Å². The summed E-state index contributed by atoms with van der Waals surface area (Å²) in [6.07, 6.45) is 1.23. The van der Waals surface area contributed by atoms with Crippen LogP contribution < -0.4 is 16.4 Å². The van der Waals surface area contributed by atoms with Crippen molar-refractivity contribution < 1.29 is 14.0 Å². The van der Waals surface area contributed by atoms with Gasteiger partial charge >= 0.3 is 0 Å². The molecule has 0 aromatic heterocycles. The van der Waals surface area contributed by atoms with Crippen LogP contribution in [-0.4, -0.2) is 18.4 Å². The van der Waals surface area contributed by atoms with Crippen molar-refractivity contribution in [3.63, 3.8) is 0 Å². The highest BCUT2D eigenvalue weighted by Gasteiger charge is 2.33. The van der Waals surface area contributed by atoms with Gasteiger partial charge in [0.1, 0.15) is 5.82 Å². The van der Waals surface area contributed by atoms with Gasteiger partial charge in [0.15, 0.2) is 0 Å². The second-order valence-electron chi connectivity index (χ2n) is 5.02. The maximum atomic E-state index is 13.6. The number of hydrogen-bond donors (Lipinski definition) is 3. The monoisotopic (exact) mass is 295 g/mol. The minimum absolute atomic E-state index is 0.0339. The van der Waals surface area contributed by atoms with Gasteiger partial charge in [0.05, 0.1) is 11.1 Å². The fraction of sp³-hybridized carbons (Fsp3) is 0.467. The summed E-state index contributed by atoms with van der Waals surface area (Å²) in [5.41, 5.74) is 5.54. The highest BCUT2D eigenvalue weighted by atomic mass is 19.1.